The third-order valence-electron chi connectivity index (χ3n) is 3.26. The molecule has 1 N–H and O–H groups in total. The predicted octanol–water partition coefficient (Wildman–Crippen LogP) is 1.14. The zero-order valence-corrected chi connectivity index (χ0v) is 11.8. The van der Waals surface area contributed by atoms with E-state index in [4.69, 9.17) is 0 Å². The number of aryl methyl sites for hydroxylation is 1. The fourth-order valence-electron chi connectivity index (χ4n) is 1.61. The fraction of sp³-hybridized carbons (Fsp3) is 0.667. The van der Waals surface area contributed by atoms with Crippen LogP contribution in [0.15, 0.2) is 6.20 Å². The Bertz CT molecular complexity index is 538. The van der Waals surface area contributed by atoms with Crippen molar-refractivity contribution in [1.29, 1.82) is 0 Å². The van der Waals surface area contributed by atoms with E-state index in [1.165, 1.54) is 19.1 Å². The lowest BCUT2D eigenvalue weighted by molar-refractivity contribution is 0.588. The molecular formula is C12H19N3O2S. The normalized spacial score (nSPS) is 17.7. The molecule has 0 radical (unpaired) electrons. The zero-order chi connectivity index (χ0) is 13.3. The highest BCUT2D eigenvalue weighted by Crippen LogP contribution is 2.21. The molecule has 18 heavy (non-hydrogen) atoms. The number of aromatic nitrogens is 2. The van der Waals surface area contributed by atoms with Gasteiger partial charge in [0.05, 0.1) is 0 Å². The second kappa shape index (κ2) is 4.93. The van der Waals surface area contributed by atoms with Gasteiger partial charge in [-0.25, -0.2) is 18.4 Å². The number of sulfone groups is 1. The monoisotopic (exact) mass is 269 g/mol. The Balaban J connectivity index is 2.13. The van der Waals surface area contributed by atoms with Gasteiger partial charge in [0.2, 0.25) is 0 Å². The fourth-order valence-corrected chi connectivity index (χ4v) is 2.11. The molecule has 1 fully saturated rings. The van der Waals surface area contributed by atoms with E-state index in [1.807, 2.05) is 6.92 Å². The summed E-state index contributed by atoms with van der Waals surface area (Å²) in [6.07, 6.45) is 5.42. The van der Waals surface area contributed by atoms with E-state index in [-0.39, 0.29) is 0 Å². The molecule has 1 aromatic rings. The number of rotatable bonds is 5. The molecule has 6 heteroatoms. The molecule has 0 aliphatic heterocycles. The molecule has 0 bridgehead atoms. The molecule has 1 aliphatic carbocycles. The van der Waals surface area contributed by atoms with Crippen LogP contribution in [0.5, 0.6) is 0 Å². The molecule has 1 aromatic heterocycles. The van der Waals surface area contributed by atoms with Crippen LogP contribution < -0.4 is 5.32 Å². The van der Waals surface area contributed by atoms with Gasteiger partial charge in [0.1, 0.15) is 11.1 Å². The zero-order valence-electron chi connectivity index (χ0n) is 11.0. The Kier molecular flexibility index (Phi) is 3.68. The first-order chi connectivity index (χ1) is 8.38. The van der Waals surface area contributed by atoms with Crippen LogP contribution >= 0.6 is 0 Å². The van der Waals surface area contributed by atoms with Gasteiger partial charge >= 0.3 is 0 Å². The maximum atomic E-state index is 11.5. The maximum absolute atomic E-state index is 11.5. The van der Waals surface area contributed by atoms with Crippen LogP contribution in [-0.4, -0.2) is 30.7 Å². The minimum Gasteiger partial charge on any atom is -0.310 e. The minimum atomic E-state index is -3.14. The topological polar surface area (TPSA) is 72.0 Å². The van der Waals surface area contributed by atoms with Crippen LogP contribution in [0.25, 0.3) is 0 Å². The quantitative estimate of drug-likeness (QED) is 0.868. The summed E-state index contributed by atoms with van der Waals surface area (Å²) in [6.45, 7) is 4.26. The Morgan fingerprint density at radius 1 is 1.50 bits per heavy atom. The third-order valence-corrected chi connectivity index (χ3v) is 4.76. The molecule has 0 spiro atoms. The first kappa shape index (κ1) is 13.4. The van der Waals surface area contributed by atoms with Crippen molar-refractivity contribution in [3.63, 3.8) is 0 Å². The van der Waals surface area contributed by atoms with Crippen LogP contribution in [0.4, 0.5) is 0 Å². The van der Waals surface area contributed by atoms with Crippen LogP contribution in [-0.2, 0) is 16.4 Å². The van der Waals surface area contributed by atoms with Crippen molar-refractivity contribution in [3.05, 3.63) is 23.3 Å². The molecule has 0 amide bonds. The molecular weight excluding hydrogens is 250 g/mol. The number of hydrogen-bond acceptors (Lipinski definition) is 5. The summed E-state index contributed by atoms with van der Waals surface area (Å²) in [7, 11) is -3.14. The maximum Gasteiger partial charge on any atom is 0.157 e. The molecule has 1 heterocycles. The summed E-state index contributed by atoms with van der Waals surface area (Å²) < 4.78 is 22.9. The summed E-state index contributed by atoms with van der Waals surface area (Å²) in [5.41, 5.74) is 1.88. The summed E-state index contributed by atoms with van der Waals surface area (Å²) in [4.78, 5) is 8.48. The highest BCUT2D eigenvalue weighted by atomic mass is 32.2. The van der Waals surface area contributed by atoms with E-state index in [9.17, 15) is 8.42 Å². The van der Waals surface area contributed by atoms with Gasteiger partial charge in [-0.05, 0) is 26.7 Å². The van der Waals surface area contributed by atoms with E-state index in [1.54, 1.807) is 13.1 Å². The van der Waals surface area contributed by atoms with Gasteiger partial charge in [-0.15, -0.1) is 0 Å². The molecule has 100 valence electrons. The van der Waals surface area contributed by atoms with Crippen molar-refractivity contribution >= 4 is 9.84 Å². The van der Waals surface area contributed by atoms with Crippen molar-refractivity contribution in [2.75, 3.05) is 6.26 Å². The van der Waals surface area contributed by atoms with Crippen molar-refractivity contribution in [3.8, 4) is 0 Å². The summed E-state index contributed by atoms with van der Waals surface area (Å²) in [6, 6.07) is 0.638. The Hall–Kier alpha value is -1.01. The highest BCUT2D eigenvalue weighted by Gasteiger charge is 2.22. The Labute approximate surface area is 108 Å². The van der Waals surface area contributed by atoms with Gasteiger partial charge in [-0.2, -0.15) is 0 Å². The van der Waals surface area contributed by atoms with E-state index in [0.29, 0.717) is 11.9 Å². The lowest BCUT2D eigenvalue weighted by Crippen LogP contribution is -2.18. The van der Waals surface area contributed by atoms with Gasteiger partial charge in [-0.3, -0.25) is 0 Å². The van der Waals surface area contributed by atoms with Crippen molar-refractivity contribution in [2.45, 2.75) is 44.5 Å². The smallest absolute Gasteiger partial charge is 0.157 e. The summed E-state index contributed by atoms with van der Waals surface area (Å²) in [5.74, 6) is 0.380. The SMILES string of the molecule is Cc1nc(C(C)S(C)(=O)=O)ncc1CNC1CC1. The molecule has 1 saturated carbocycles. The second-order valence-corrected chi connectivity index (χ2v) is 7.33. The van der Waals surface area contributed by atoms with Crippen molar-refractivity contribution in [1.82, 2.24) is 15.3 Å². The van der Waals surface area contributed by atoms with E-state index in [0.717, 1.165) is 17.8 Å². The first-order valence-electron chi connectivity index (χ1n) is 6.12. The van der Waals surface area contributed by atoms with Crippen molar-refractivity contribution in [2.24, 2.45) is 0 Å². The van der Waals surface area contributed by atoms with E-state index in [2.05, 4.69) is 15.3 Å². The number of hydrogen-bond donors (Lipinski definition) is 1. The Morgan fingerprint density at radius 3 is 2.67 bits per heavy atom. The predicted molar refractivity (Wildman–Crippen MR) is 69.9 cm³/mol. The van der Waals surface area contributed by atoms with Gasteiger partial charge in [0.25, 0.3) is 0 Å². The lowest BCUT2D eigenvalue weighted by atomic mass is 10.2. The molecule has 0 aromatic carbocycles. The van der Waals surface area contributed by atoms with Crippen LogP contribution in [0, 0.1) is 6.92 Å². The minimum absolute atomic E-state index is 0.380. The molecule has 1 unspecified atom stereocenters. The molecule has 5 nitrogen and oxygen atoms in total. The summed E-state index contributed by atoms with van der Waals surface area (Å²) >= 11 is 0. The van der Waals surface area contributed by atoms with Gasteiger partial charge < -0.3 is 5.32 Å². The number of nitrogens with one attached hydrogen (secondary N) is 1. The second-order valence-electron chi connectivity index (χ2n) is 4.97. The van der Waals surface area contributed by atoms with E-state index < -0.39 is 15.1 Å². The van der Waals surface area contributed by atoms with E-state index >= 15 is 0 Å². The first-order valence-corrected chi connectivity index (χ1v) is 8.08. The molecule has 2 rings (SSSR count). The molecule has 0 saturated heterocycles. The molecule has 1 aliphatic rings. The summed E-state index contributed by atoms with van der Waals surface area (Å²) in [5, 5.41) is 2.74. The van der Waals surface area contributed by atoms with Crippen LogP contribution in [0.3, 0.4) is 0 Å². The Morgan fingerprint density at radius 2 is 2.17 bits per heavy atom. The van der Waals surface area contributed by atoms with Gasteiger partial charge in [0.15, 0.2) is 9.84 Å². The average Bonchev–Trinajstić information content (AvgIpc) is 3.09. The third kappa shape index (κ3) is 3.26. The highest BCUT2D eigenvalue weighted by molar-refractivity contribution is 7.90. The van der Waals surface area contributed by atoms with Gasteiger partial charge in [0, 0.05) is 36.3 Å². The van der Waals surface area contributed by atoms with Crippen molar-refractivity contribution < 1.29 is 8.42 Å². The molecule has 1 atom stereocenters. The lowest BCUT2D eigenvalue weighted by Gasteiger charge is -2.11. The standard InChI is InChI=1S/C12H19N3O2S/c1-8-10(6-13-11-4-5-11)7-14-12(15-8)9(2)18(3,16)17/h7,9,11,13H,4-6H2,1-3H3. The van der Waals surface area contributed by atoms with Crippen LogP contribution in [0.1, 0.15) is 42.1 Å². The van der Waals surface area contributed by atoms with Gasteiger partial charge in [-0.1, -0.05) is 0 Å². The average molecular weight is 269 g/mol. The number of nitrogens with zero attached hydrogens (tertiary/aromatic N) is 2. The van der Waals surface area contributed by atoms with Crippen LogP contribution in [0.2, 0.25) is 0 Å². The largest absolute Gasteiger partial charge is 0.310 e.